The fraction of sp³-hybridized carbons (Fsp3) is 0.235. The number of aromatic nitrogens is 3. The molecule has 1 N–H and O–H groups in total. The van der Waals surface area contributed by atoms with E-state index in [1.807, 2.05) is 30.3 Å². The Bertz CT molecular complexity index is 818. The minimum absolute atomic E-state index is 0. The van der Waals surface area contributed by atoms with Gasteiger partial charge in [-0.25, -0.2) is 9.97 Å². The van der Waals surface area contributed by atoms with Gasteiger partial charge in [-0.15, -0.1) is 12.4 Å². The molecule has 1 fully saturated rings. The molecule has 0 spiro atoms. The monoisotopic (exact) mass is 328 g/mol. The third kappa shape index (κ3) is 2.92. The molecule has 1 aliphatic rings. The minimum atomic E-state index is -0.0234. The number of pyridine rings is 1. The molecule has 3 heterocycles. The maximum Gasteiger partial charge on any atom is 0.177 e. The Labute approximate surface area is 140 Å². The van der Waals surface area contributed by atoms with E-state index in [0.29, 0.717) is 24.3 Å². The molecule has 1 aliphatic heterocycles. The normalized spacial score (nSPS) is 18.0. The fourth-order valence-electron chi connectivity index (χ4n) is 3.04. The van der Waals surface area contributed by atoms with E-state index < -0.39 is 0 Å². The Morgan fingerprint density at radius 1 is 1.13 bits per heavy atom. The molecular weight excluding hydrogens is 312 g/mol. The summed E-state index contributed by atoms with van der Waals surface area (Å²) in [5.74, 6) is 0.293. The van der Waals surface area contributed by atoms with E-state index in [2.05, 4.69) is 32.0 Å². The quantitative estimate of drug-likeness (QED) is 0.784. The number of aromatic amines is 1. The zero-order valence-corrected chi connectivity index (χ0v) is 13.3. The summed E-state index contributed by atoms with van der Waals surface area (Å²) in [6.07, 6.45) is 2.73. The van der Waals surface area contributed by atoms with Crippen molar-refractivity contribution < 1.29 is 4.79 Å². The molecule has 1 atom stereocenters. The molecule has 3 aromatic rings. The van der Waals surface area contributed by atoms with Crippen molar-refractivity contribution >= 4 is 35.0 Å². The first-order valence-electron chi connectivity index (χ1n) is 7.45. The van der Waals surface area contributed by atoms with Gasteiger partial charge in [0.05, 0.1) is 23.6 Å². The third-order valence-electron chi connectivity index (χ3n) is 4.16. The van der Waals surface area contributed by atoms with Crippen LogP contribution in [0.5, 0.6) is 0 Å². The van der Waals surface area contributed by atoms with Gasteiger partial charge in [0, 0.05) is 25.1 Å². The number of benzene rings is 1. The van der Waals surface area contributed by atoms with Gasteiger partial charge in [-0.1, -0.05) is 18.2 Å². The predicted molar refractivity (Wildman–Crippen MR) is 91.9 cm³/mol. The first kappa shape index (κ1) is 15.5. The summed E-state index contributed by atoms with van der Waals surface area (Å²) in [6.45, 7) is 0.730. The summed E-state index contributed by atoms with van der Waals surface area (Å²) in [4.78, 5) is 26.1. The zero-order valence-electron chi connectivity index (χ0n) is 12.5. The van der Waals surface area contributed by atoms with Crippen molar-refractivity contribution in [1.82, 2.24) is 15.0 Å². The molecular formula is C17H17ClN4O. The van der Waals surface area contributed by atoms with Crippen LogP contribution in [0.1, 0.15) is 24.6 Å². The molecule has 0 bridgehead atoms. The molecule has 4 rings (SSSR count). The van der Waals surface area contributed by atoms with Crippen LogP contribution in [0.3, 0.4) is 0 Å². The number of H-pyrrole nitrogens is 1. The fourth-order valence-corrected chi connectivity index (χ4v) is 3.04. The van der Waals surface area contributed by atoms with E-state index in [-0.39, 0.29) is 18.4 Å². The number of carbonyl (C=O) groups excluding carboxylic acids is 1. The summed E-state index contributed by atoms with van der Waals surface area (Å²) in [5.41, 5.74) is 3.64. The lowest BCUT2D eigenvalue weighted by Crippen LogP contribution is -2.37. The lowest BCUT2D eigenvalue weighted by molar-refractivity contribution is -0.120. The van der Waals surface area contributed by atoms with Crippen LogP contribution in [-0.4, -0.2) is 27.3 Å². The second kappa shape index (κ2) is 6.38. The number of nitrogens with one attached hydrogen (secondary N) is 1. The molecule has 0 saturated carbocycles. The molecule has 1 saturated heterocycles. The number of hydrogen-bond donors (Lipinski definition) is 1. The number of ketones is 1. The molecule has 118 valence electrons. The molecule has 1 aromatic carbocycles. The number of para-hydroxylation sites is 1. The molecule has 0 radical (unpaired) electrons. The van der Waals surface area contributed by atoms with Gasteiger partial charge in [0.2, 0.25) is 0 Å². The smallest absolute Gasteiger partial charge is 0.177 e. The topological polar surface area (TPSA) is 61.9 Å². The lowest BCUT2D eigenvalue weighted by atomic mass is 9.97. The maximum atomic E-state index is 12.0. The summed E-state index contributed by atoms with van der Waals surface area (Å²) in [6, 6.07) is 14.1. The summed E-state index contributed by atoms with van der Waals surface area (Å²) < 4.78 is 0. The van der Waals surface area contributed by atoms with Gasteiger partial charge in [-0.05, 0) is 24.3 Å². The van der Waals surface area contributed by atoms with Crippen LogP contribution in [0.2, 0.25) is 0 Å². The van der Waals surface area contributed by atoms with Gasteiger partial charge >= 0.3 is 0 Å². The first-order chi connectivity index (χ1) is 10.8. The van der Waals surface area contributed by atoms with Crippen LogP contribution < -0.4 is 4.90 Å². The highest BCUT2D eigenvalue weighted by atomic mass is 35.5. The van der Waals surface area contributed by atoms with Gasteiger partial charge in [-0.3, -0.25) is 4.79 Å². The number of fused-ring (bicyclic) bond motifs is 1. The molecule has 0 aliphatic carbocycles. The molecule has 23 heavy (non-hydrogen) atoms. The molecule has 1 unspecified atom stereocenters. The van der Waals surface area contributed by atoms with E-state index in [1.54, 1.807) is 6.33 Å². The maximum absolute atomic E-state index is 12.0. The van der Waals surface area contributed by atoms with Crippen LogP contribution >= 0.6 is 12.4 Å². The second-order valence-electron chi connectivity index (χ2n) is 5.55. The third-order valence-corrected chi connectivity index (χ3v) is 4.16. The van der Waals surface area contributed by atoms with E-state index in [0.717, 1.165) is 23.4 Å². The molecule has 5 nitrogen and oxygen atoms in total. The highest BCUT2D eigenvalue weighted by molar-refractivity contribution is 5.85. The standard InChI is InChI=1S/C17H16N4O.ClH/c22-13-8-9-21(12-4-2-1-3-5-12)16(10-13)14-6-7-15-17(20-14)19-11-18-15;/h1-7,11,16H,8-10H2,(H,18,19,20);1H. The average Bonchev–Trinajstić information content (AvgIpc) is 3.03. The van der Waals surface area contributed by atoms with Crippen molar-refractivity contribution in [1.29, 1.82) is 0 Å². The van der Waals surface area contributed by atoms with Gasteiger partial charge in [0.15, 0.2) is 5.65 Å². The zero-order chi connectivity index (χ0) is 14.9. The SMILES string of the molecule is Cl.O=C1CCN(c2ccccc2)C(c2ccc3[nH]cnc3n2)C1. The van der Waals surface area contributed by atoms with E-state index in [1.165, 1.54) is 0 Å². The highest BCUT2D eigenvalue weighted by Crippen LogP contribution is 2.33. The van der Waals surface area contributed by atoms with Crippen LogP contribution in [0, 0.1) is 0 Å². The number of halogens is 1. The van der Waals surface area contributed by atoms with Crippen molar-refractivity contribution in [3.05, 3.63) is 54.5 Å². The first-order valence-corrected chi connectivity index (χ1v) is 7.45. The molecule has 6 heteroatoms. The van der Waals surface area contributed by atoms with E-state index >= 15 is 0 Å². The van der Waals surface area contributed by atoms with Gasteiger partial charge in [-0.2, -0.15) is 0 Å². The van der Waals surface area contributed by atoms with Crippen molar-refractivity contribution in [3.8, 4) is 0 Å². The number of carbonyl (C=O) groups is 1. The van der Waals surface area contributed by atoms with Crippen molar-refractivity contribution in [2.45, 2.75) is 18.9 Å². The minimum Gasteiger partial charge on any atom is -0.362 e. The highest BCUT2D eigenvalue weighted by Gasteiger charge is 2.29. The van der Waals surface area contributed by atoms with Crippen molar-refractivity contribution in [2.24, 2.45) is 0 Å². The van der Waals surface area contributed by atoms with E-state index in [9.17, 15) is 4.79 Å². The summed E-state index contributed by atoms with van der Waals surface area (Å²) in [7, 11) is 0. The second-order valence-corrected chi connectivity index (χ2v) is 5.55. The number of Topliss-reactive ketones (excluding diaryl/α,β-unsaturated/α-hetero) is 1. The lowest BCUT2D eigenvalue weighted by Gasteiger charge is -2.36. The Kier molecular flexibility index (Phi) is 4.30. The van der Waals surface area contributed by atoms with Gasteiger partial charge in [0.25, 0.3) is 0 Å². The molecule has 0 amide bonds. The van der Waals surface area contributed by atoms with Gasteiger partial charge < -0.3 is 9.88 Å². The average molecular weight is 329 g/mol. The number of imidazole rings is 1. The van der Waals surface area contributed by atoms with Crippen LogP contribution in [0.4, 0.5) is 5.69 Å². The number of piperidine rings is 1. The number of anilines is 1. The Balaban J connectivity index is 0.00000156. The molecule has 2 aromatic heterocycles. The summed E-state index contributed by atoms with van der Waals surface area (Å²) >= 11 is 0. The largest absolute Gasteiger partial charge is 0.362 e. The Morgan fingerprint density at radius 2 is 1.96 bits per heavy atom. The number of rotatable bonds is 2. The predicted octanol–water partition coefficient (Wildman–Crippen LogP) is 3.29. The Hall–Kier alpha value is -2.40. The summed E-state index contributed by atoms with van der Waals surface area (Å²) in [5, 5.41) is 0. The van der Waals surface area contributed by atoms with E-state index in [4.69, 9.17) is 0 Å². The van der Waals surface area contributed by atoms with Crippen LogP contribution in [0.25, 0.3) is 11.2 Å². The van der Waals surface area contributed by atoms with Gasteiger partial charge in [0.1, 0.15) is 5.78 Å². The van der Waals surface area contributed by atoms with Crippen LogP contribution in [0.15, 0.2) is 48.8 Å². The van der Waals surface area contributed by atoms with Crippen molar-refractivity contribution in [2.75, 3.05) is 11.4 Å². The Morgan fingerprint density at radius 3 is 2.78 bits per heavy atom. The number of nitrogens with zero attached hydrogens (tertiary/aromatic N) is 3. The van der Waals surface area contributed by atoms with Crippen LogP contribution in [-0.2, 0) is 4.79 Å². The number of hydrogen-bond acceptors (Lipinski definition) is 4. The van der Waals surface area contributed by atoms with Crippen molar-refractivity contribution in [3.63, 3.8) is 0 Å².